The summed E-state index contributed by atoms with van der Waals surface area (Å²) in [5.74, 6) is 0.553. The first-order valence-electron chi connectivity index (χ1n) is 9.99. The number of urea groups is 1. The number of unbranched alkanes of at least 4 members (excludes halogenated alkanes) is 1. The highest BCUT2D eigenvalue weighted by Crippen LogP contribution is 2.12. The number of benzene rings is 1. The predicted octanol–water partition coefficient (Wildman–Crippen LogP) is 3.27. The van der Waals surface area contributed by atoms with Gasteiger partial charge >= 0.3 is 6.03 Å². The molecule has 0 unspecified atom stereocenters. The molecule has 0 aliphatic heterocycles. The zero-order valence-corrected chi connectivity index (χ0v) is 17.3. The number of hydrogen-bond acceptors (Lipinski definition) is 4. The first-order chi connectivity index (χ1) is 14.1. The smallest absolute Gasteiger partial charge is 0.317 e. The van der Waals surface area contributed by atoms with Crippen molar-refractivity contribution in [2.24, 2.45) is 0 Å². The van der Waals surface area contributed by atoms with E-state index in [2.05, 4.69) is 12.2 Å². The van der Waals surface area contributed by atoms with E-state index in [0.29, 0.717) is 38.5 Å². The molecule has 0 aliphatic rings. The fourth-order valence-electron chi connectivity index (χ4n) is 2.83. The van der Waals surface area contributed by atoms with Crippen molar-refractivity contribution in [2.45, 2.75) is 32.9 Å². The fourth-order valence-corrected chi connectivity index (χ4v) is 2.83. The minimum Gasteiger partial charge on any atom is -0.467 e. The fraction of sp³-hybridized carbons (Fsp3) is 0.455. The Morgan fingerprint density at radius 3 is 2.52 bits per heavy atom. The highest BCUT2D eigenvalue weighted by atomic mass is 16.5. The van der Waals surface area contributed by atoms with Crippen molar-refractivity contribution in [2.75, 3.05) is 33.4 Å². The molecule has 0 fully saturated rings. The molecule has 2 rings (SSSR count). The Bertz CT molecular complexity index is 719. The molecule has 0 saturated heterocycles. The molecule has 7 nitrogen and oxygen atoms in total. The third kappa shape index (κ3) is 7.99. The summed E-state index contributed by atoms with van der Waals surface area (Å²) in [5.41, 5.74) is 1.02. The number of nitrogens with one attached hydrogen (secondary N) is 1. The number of carbonyl (C=O) groups is 2. The SMILES string of the molecule is CCCCNC(=O)N(CCOC)CC(=O)N(Cc1ccccc1)Cc1ccco1. The molecule has 1 aromatic carbocycles. The molecule has 0 atom stereocenters. The second kappa shape index (κ2) is 12.6. The minimum absolute atomic E-state index is 0.0190. The minimum atomic E-state index is -0.249. The molecule has 158 valence electrons. The summed E-state index contributed by atoms with van der Waals surface area (Å²) in [5, 5.41) is 2.87. The molecule has 0 bridgehead atoms. The number of furan rings is 1. The monoisotopic (exact) mass is 401 g/mol. The maximum atomic E-state index is 13.1. The van der Waals surface area contributed by atoms with Crippen LogP contribution >= 0.6 is 0 Å². The van der Waals surface area contributed by atoms with Crippen LogP contribution in [0, 0.1) is 0 Å². The lowest BCUT2D eigenvalue weighted by molar-refractivity contribution is -0.133. The van der Waals surface area contributed by atoms with Crippen LogP contribution in [0.1, 0.15) is 31.1 Å². The first kappa shape index (κ1) is 22.5. The molecule has 0 saturated carbocycles. The Labute approximate surface area is 172 Å². The molecule has 7 heteroatoms. The summed E-state index contributed by atoms with van der Waals surface area (Å²) < 4.78 is 10.5. The summed E-state index contributed by atoms with van der Waals surface area (Å²) in [6.07, 6.45) is 3.48. The van der Waals surface area contributed by atoms with Crippen molar-refractivity contribution in [3.8, 4) is 0 Å². The predicted molar refractivity (Wildman–Crippen MR) is 111 cm³/mol. The van der Waals surface area contributed by atoms with Gasteiger partial charge in [0.15, 0.2) is 0 Å². The van der Waals surface area contributed by atoms with E-state index in [1.54, 1.807) is 24.3 Å². The lowest BCUT2D eigenvalue weighted by Crippen LogP contribution is -2.47. The van der Waals surface area contributed by atoms with Gasteiger partial charge in [0.1, 0.15) is 12.3 Å². The third-order valence-electron chi connectivity index (χ3n) is 4.48. The van der Waals surface area contributed by atoms with Crippen molar-refractivity contribution in [1.82, 2.24) is 15.1 Å². The molecular weight excluding hydrogens is 370 g/mol. The summed E-state index contributed by atoms with van der Waals surface area (Å²) >= 11 is 0. The van der Waals surface area contributed by atoms with Gasteiger partial charge in [-0.25, -0.2) is 4.79 Å². The van der Waals surface area contributed by atoms with Crippen LogP contribution in [-0.4, -0.2) is 55.1 Å². The third-order valence-corrected chi connectivity index (χ3v) is 4.48. The van der Waals surface area contributed by atoms with Crippen molar-refractivity contribution in [3.05, 3.63) is 60.1 Å². The number of nitrogens with zero attached hydrogens (tertiary/aromatic N) is 2. The Balaban J connectivity index is 2.07. The van der Waals surface area contributed by atoms with Gasteiger partial charge < -0.3 is 24.3 Å². The maximum absolute atomic E-state index is 13.1. The number of rotatable bonds is 12. The molecule has 1 aromatic heterocycles. The summed E-state index contributed by atoms with van der Waals surface area (Å²) in [4.78, 5) is 28.8. The molecule has 29 heavy (non-hydrogen) atoms. The lowest BCUT2D eigenvalue weighted by Gasteiger charge is -2.27. The Hall–Kier alpha value is -2.80. The normalized spacial score (nSPS) is 10.6. The average molecular weight is 402 g/mol. The number of methoxy groups -OCH3 is 1. The van der Waals surface area contributed by atoms with E-state index in [4.69, 9.17) is 9.15 Å². The van der Waals surface area contributed by atoms with E-state index < -0.39 is 0 Å². The maximum Gasteiger partial charge on any atom is 0.317 e. The number of amides is 3. The van der Waals surface area contributed by atoms with Crippen molar-refractivity contribution >= 4 is 11.9 Å². The van der Waals surface area contributed by atoms with Crippen LogP contribution in [0.2, 0.25) is 0 Å². The Morgan fingerprint density at radius 2 is 1.86 bits per heavy atom. The van der Waals surface area contributed by atoms with E-state index in [9.17, 15) is 9.59 Å². The van der Waals surface area contributed by atoms with E-state index in [1.165, 1.54) is 4.90 Å². The van der Waals surface area contributed by atoms with Crippen LogP contribution in [-0.2, 0) is 22.6 Å². The van der Waals surface area contributed by atoms with Crippen molar-refractivity contribution in [3.63, 3.8) is 0 Å². The summed E-state index contributed by atoms with van der Waals surface area (Å²) in [6.45, 7) is 4.13. The zero-order chi connectivity index (χ0) is 20.9. The molecule has 0 aliphatic carbocycles. The van der Waals surface area contributed by atoms with E-state index in [1.807, 2.05) is 36.4 Å². The highest BCUT2D eigenvalue weighted by Gasteiger charge is 2.22. The molecule has 0 spiro atoms. The first-order valence-corrected chi connectivity index (χ1v) is 9.99. The second-order valence-corrected chi connectivity index (χ2v) is 6.81. The standard InChI is InChI=1S/C22H31N3O4/c1-3-4-12-23-22(27)24(13-15-28-2)18-21(26)25(17-20-11-8-14-29-20)16-19-9-6-5-7-10-19/h5-11,14H,3-4,12-13,15-18H2,1-2H3,(H,23,27). The number of carbonyl (C=O) groups excluding carboxylic acids is 2. The molecule has 0 radical (unpaired) electrons. The van der Waals surface area contributed by atoms with Crippen molar-refractivity contribution < 1.29 is 18.7 Å². The largest absolute Gasteiger partial charge is 0.467 e. The summed E-state index contributed by atoms with van der Waals surface area (Å²) in [6, 6.07) is 13.2. The molecule has 1 N–H and O–H groups in total. The van der Waals surface area contributed by atoms with E-state index in [-0.39, 0.29) is 18.5 Å². The molecule has 1 heterocycles. The van der Waals surface area contributed by atoms with Crippen molar-refractivity contribution in [1.29, 1.82) is 0 Å². The Kier molecular flexibility index (Phi) is 9.78. The molecule has 3 amide bonds. The zero-order valence-electron chi connectivity index (χ0n) is 17.3. The summed E-state index contributed by atoms with van der Waals surface area (Å²) in [7, 11) is 1.58. The van der Waals surface area contributed by atoms with Crippen LogP contribution in [0.4, 0.5) is 4.79 Å². The second-order valence-electron chi connectivity index (χ2n) is 6.81. The van der Waals surface area contributed by atoms with Gasteiger partial charge in [-0.05, 0) is 24.1 Å². The Morgan fingerprint density at radius 1 is 1.07 bits per heavy atom. The van der Waals surface area contributed by atoms with Gasteiger partial charge in [-0.1, -0.05) is 43.7 Å². The number of hydrogen-bond donors (Lipinski definition) is 1. The van der Waals surface area contributed by atoms with Crippen LogP contribution in [0.3, 0.4) is 0 Å². The van der Waals surface area contributed by atoms with Crippen LogP contribution in [0.5, 0.6) is 0 Å². The quantitative estimate of drug-likeness (QED) is 0.554. The van der Waals surface area contributed by atoms with Crippen LogP contribution < -0.4 is 5.32 Å². The van der Waals surface area contributed by atoms with E-state index >= 15 is 0 Å². The van der Waals surface area contributed by atoms with Gasteiger partial charge in [0.25, 0.3) is 0 Å². The van der Waals surface area contributed by atoms with E-state index in [0.717, 1.165) is 18.4 Å². The van der Waals surface area contributed by atoms with Crippen LogP contribution in [0.15, 0.2) is 53.1 Å². The lowest BCUT2D eigenvalue weighted by atomic mass is 10.2. The van der Waals surface area contributed by atoms with Crippen LogP contribution in [0.25, 0.3) is 0 Å². The topological polar surface area (TPSA) is 75.0 Å². The highest BCUT2D eigenvalue weighted by molar-refractivity contribution is 5.84. The van der Waals surface area contributed by atoms with Gasteiger partial charge in [0.05, 0.1) is 19.4 Å². The molecular formula is C22H31N3O4. The van der Waals surface area contributed by atoms with Gasteiger partial charge in [-0.2, -0.15) is 0 Å². The number of ether oxygens (including phenoxy) is 1. The average Bonchev–Trinajstić information content (AvgIpc) is 3.24. The van der Waals surface area contributed by atoms with Gasteiger partial charge in [0, 0.05) is 26.7 Å². The van der Waals surface area contributed by atoms with Gasteiger partial charge in [-0.15, -0.1) is 0 Å². The van der Waals surface area contributed by atoms with Gasteiger partial charge in [0.2, 0.25) is 5.91 Å². The van der Waals surface area contributed by atoms with Gasteiger partial charge in [-0.3, -0.25) is 4.79 Å². The molecule has 2 aromatic rings.